The summed E-state index contributed by atoms with van der Waals surface area (Å²) in [7, 11) is -4.12. The number of carbonyl (C=O) groups is 2. The van der Waals surface area contributed by atoms with Gasteiger partial charge in [-0.1, -0.05) is 6.07 Å². The van der Waals surface area contributed by atoms with Crippen LogP contribution in [0.5, 0.6) is 5.75 Å². The number of ketones is 1. The molecule has 0 radical (unpaired) electrons. The molecule has 7 nitrogen and oxygen atoms in total. The summed E-state index contributed by atoms with van der Waals surface area (Å²) < 4.78 is 70.9. The number of aromatic nitrogens is 1. The van der Waals surface area contributed by atoms with Crippen molar-refractivity contribution in [3.05, 3.63) is 59.9 Å². The Morgan fingerprint density at radius 2 is 1.81 bits per heavy atom. The molecule has 1 aliphatic rings. The van der Waals surface area contributed by atoms with E-state index >= 15 is 0 Å². The predicted molar refractivity (Wildman–Crippen MR) is 108 cm³/mol. The zero-order valence-corrected chi connectivity index (χ0v) is 17.7. The van der Waals surface area contributed by atoms with Crippen LogP contribution < -0.4 is 4.74 Å². The van der Waals surface area contributed by atoms with Crippen molar-refractivity contribution in [2.24, 2.45) is 0 Å². The van der Waals surface area contributed by atoms with Crippen molar-refractivity contribution in [3.8, 4) is 5.75 Å². The van der Waals surface area contributed by atoms with E-state index in [2.05, 4.69) is 4.98 Å². The highest BCUT2D eigenvalue weighted by molar-refractivity contribution is 7.90. The highest BCUT2D eigenvalue weighted by atomic mass is 32.2. The number of benzene rings is 1. The lowest BCUT2D eigenvalue weighted by Gasteiger charge is -2.33. The average Bonchev–Trinajstić information content (AvgIpc) is 2.78. The van der Waals surface area contributed by atoms with Gasteiger partial charge in [0, 0.05) is 31.4 Å². The smallest absolute Gasteiger partial charge is 0.416 e. The van der Waals surface area contributed by atoms with Crippen LogP contribution >= 0.6 is 0 Å². The van der Waals surface area contributed by atoms with E-state index in [9.17, 15) is 31.2 Å². The number of rotatable bonds is 8. The number of halogens is 3. The van der Waals surface area contributed by atoms with E-state index in [1.54, 1.807) is 18.2 Å². The molecule has 32 heavy (non-hydrogen) atoms. The van der Waals surface area contributed by atoms with Crippen LogP contribution in [0.1, 0.15) is 24.1 Å². The van der Waals surface area contributed by atoms with E-state index in [0.717, 1.165) is 16.4 Å². The Balaban J connectivity index is 1.64. The fraction of sp³-hybridized carbons (Fsp3) is 0.381. The molecule has 1 aromatic heterocycles. The van der Waals surface area contributed by atoms with Crippen LogP contribution in [0.25, 0.3) is 0 Å². The molecule has 1 fully saturated rings. The monoisotopic (exact) mass is 470 g/mol. The molecule has 3 rings (SSSR count). The van der Waals surface area contributed by atoms with Crippen molar-refractivity contribution in [1.29, 1.82) is 0 Å². The minimum Gasteiger partial charge on any atom is -0.490 e. The maximum absolute atomic E-state index is 13.1. The fourth-order valence-electron chi connectivity index (χ4n) is 3.44. The number of hydrogen-bond acceptors (Lipinski definition) is 6. The predicted octanol–water partition coefficient (Wildman–Crippen LogP) is 2.65. The molecule has 0 aliphatic carbocycles. The molecule has 0 amide bonds. The van der Waals surface area contributed by atoms with Crippen LogP contribution in [0.3, 0.4) is 0 Å². The molecule has 1 aromatic carbocycles. The normalized spacial score (nSPS) is 17.0. The Morgan fingerprint density at radius 1 is 1.16 bits per heavy atom. The van der Waals surface area contributed by atoms with Crippen molar-refractivity contribution in [2.45, 2.75) is 36.8 Å². The average molecular weight is 470 g/mol. The summed E-state index contributed by atoms with van der Waals surface area (Å²) in [6.45, 7) is 0.108. The topological polar surface area (TPSA) is 93.6 Å². The van der Waals surface area contributed by atoms with Gasteiger partial charge in [-0.2, -0.15) is 13.2 Å². The van der Waals surface area contributed by atoms with Gasteiger partial charge in [-0.3, -0.25) is 14.6 Å². The van der Waals surface area contributed by atoms with Gasteiger partial charge in [0.05, 0.1) is 5.56 Å². The second-order valence-corrected chi connectivity index (χ2v) is 9.43. The SMILES string of the molecule is O=CC(=O)C(Cc1ccccn1)S(=O)(=O)N1CCC(Oc2ccc(C(F)(F)F)cc2)CC1. The first-order valence-electron chi connectivity index (χ1n) is 9.83. The van der Waals surface area contributed by atoms with Gasteiger partial charge in [-0.05, 0) is 49.2 Å². The summed E-state index contributed by atoms with van der Waals surface area (Å²) in [4.78, 5) is 27.2. The molecule has 2 aromatic rings. The standard InChI is InChI=1S/C21H21F3N2O5S/c22-21(23,24)15-4-6-17(7-5-15)31-18-8-11-26(12-9-18)32(29,30)20(19(28)14-27)13-16-3-1-2-10-25-16/h1-7,10,14,18,20H,8-9,11-13H2. The van der Waals surface area contributed by atoms with Crippen LogP contribution in [-0.4, -0.2) is 54.2 Å². The van der Waals surface area contributed by atoms with Gasteiger partial charge in [0.2, 0.25) is 15.8 Å². The molecule has 11 heteroatoms. The first-order valence-corrected chi connectivity index (χ1v) is 11.3. The first kappa shape index (κ1) is 23.9. The van der Waals surface area contributed by atoms with Gasteiger partial charge in [-0.15, -0.1) is 0 Å². The number of sulfonamides is 1. The number of hydrogen-bond donors (Lipinski definition) is 0. The summed E-state index contributed by atoms with van der Waals surface area (Å²) in [5, 5.41) is -1.57. The third-order valence-corrected chi connectivity index (χ3v) is 7.36. The number of aldehydes is 1. The van der Waals surface area contributed by atoms with Crippen LogP contribution in [0, 0.1) is 0 Å². The number of carbonyl (C=O) groups excluding carboxylic acids is 2. The number of nitrogens with zero attached hydrogens (tertiary/aromatic N) is 2. The molecule has 0 N–H and O–H groups in total. The van der Waals surface area contributed by atoms with Crippen molar-refractivity contribution in [1.82, 2.24) is 9.29 Å². The van der Waals surface area contributed by atoms with E-state index in [0.29, 0.717) is 5.69 Å². The van der Waals surface area contributed by atoms with Gasteiger partial charge < -0.3 is 4.74 Å². The van der Waals surface area contributed by atoms with Crippen LogP contribution in [0.2, 0.25) is 0 Å². The fourth-order valence-corrected chi connectivity index (χ4v) is 5.25. The molecular formula is C21H21F3N2O5S. The van der Waals surface area contributed by atoms with Crippen LogP contribution in [-0.2, 0) is 32.2 Å². The van der Waals surface area contributed by atoms with Gasteiger partial charge >= 0.3 is 6.18 Å². The van der Waals surface area contributed by atoms with Crippen molar-refractivity contribution in [2.75, 3.05) is 13.1 Å². The molecule has 2 heterocycles. The second-order valence-electron chi connectivity index (χ2n) is 7.32. The Bertz CT molecular complexity index is 1040. The lowest BCUT2D eigenvalue weighted by atomic mass is 10.1. The van der Waals surface area contributed by atoms with Gasteiger partial charge in [-0.25, -0.2) is 12.7 Å². The van der Waals surface area contributed by atoms with Gasteiger partial charge in [0.15, 0.2) is 6.29 Å². The highest BCUT2D eigenvalue weighted by Gasteiger charge is 2.39. The number of pyridine rings is 1. The summed E-state index contributed by atoms with van der Waals surface area (Å²) in [5.41, 5.74) is -0.415. The lowest BCUT2D eigenvalue weighted by molar-refractivity contribution is -0.137. The third-order valence-electron chi connectivity index (χ3n) is 5.16. The number of ether oxygens (including phenoxy) is 1. The van der Waals surface area contributed by atoms with E-state index in [-0.39, 0.29) is 44.4 Å². The zero-order valence-electron chi connectivity index (χ0n) is 16.9. The van der Waals surface area contributed by atoms with Gasteiger partial charge in [0.25, 0.3) is 0 Å². The van der Waals surface area contributed by atoms with Crippen molar-refractivity contribution < 1.29 is 35.9 Å². The van der Waals surface area contributed by atoms with E-state index in [4.69, 9.17) is 4.74 Å². The van der Waals surface area contributed by atoms with E-state index in [1.165, 1.54) is 18.3 Å². The maximum Gasteiger partial charge on any atom is 0.416 e. The number of piperidine rings is 1. The second kappa shape index (κ2) is 9.78. The van der Waals surface area contributed by atoms with Crippen LogP contribution in [0.15, 0.2) is 48.7 Å². The Labute approximate surface area is 183 Å². The molecule has 0 saturated carbocycles. The Hall–Kier alpha value is -2.79. The third kappa shape index (κ3) is 5.71. The minimum absolute atomic E-state index is 0.00558. The Morgan fingerprint density at radius 3 is 2.34 bits per heavy atom. The molecular weight excluding hydrogens is 449 g/mol. The number of alkyl halides is 3. The lowest BCUT2D eigenvalue weighted by Crippen LogP contribution is -2.48. The van der Waals surface area contributed by atoms with E-state index in [1.807, 2.05) is 0 Å². The number of Topliss-reactive ketones (excluding diaryl/α,β-unsaturated/α-hetero) is 1. The quantitative estimate of drug-likeness (QED) is 0.435. The molecule has 1 saturated heterocycles. The van der Waals surface area contributed by atoms with Crippen LogP contribution in [0.4, 0.5) is 13.2 Å². The van der Waals surface area contributed by atoms with E-state index < -0.39 is 38.9 Å². The molecule has 172 valence electrons. The molecule has 1 unspecified atom stereocenters. The van der Waals surface area contributed by atoms with Gasteiger partial charge in [0.1, 0.15) is 17.1 Å². The van der Waals surface area contributed by atoms with Crippen molar-refractivity contribution in [3.63, 3.8) is 0 Å². The summed E-state index contributed by atoms with van der Waals surface area (Å²) in [6, 6.07) is 9.15. The first-order chi connectivity index (χ1) is 15.1. The largest absolute Gasteiger partial charge is 0.490 e. The zero-order chi connectivity index (χ0) is 23.4. The molecule has 0 spiro atoms. The van der Waals surface area contributed by atoms with Crippen molar-refractivity contribution >= 4 is 22.1 Å². The summed E-state index contributed by atoms with van der Waals surface area (Å²) >= 11 is 0. The minimum atomic E-state index is -4.44. The highest BCUT2D eigenvalue weighted by Crippen LogP contribution is 2.31. The molecule has 1 atom stereocenters. The molecule has 0 bridgehead atoms. The summed E-state index contributed by atoms with van der Waals surface area (Å²) in [6.07, 6.45) is -3.02. The maximum atomic E-state index is 13.1. The Kier molecular flexibility index (Phi) is 7.29. The molecule has 1 aliphatic heterocycles. The summed E-state index contributed by atoms with van der Waals surface area (Å²) in [5.74, 6) is -0.790.